The first-order valence-electron chi connectivity index (χ1n) is 10.4. The summed E-state index contributed by atoms with van der Waals surface area (Å²) in [5, 5.41) is 25.7. The SMILES string of the molecule is N=C(CCCCCCc1nc(C(=N)N)cs1)CCCCOc1ccc(C(=N)N)cc1. The lowest BCUT2D eigenvalue weighted by Crippen LogP contribution is -2.11. The van der Waals surface area contributed by atoms with Gasteiger partial charge in [0.05, 0.1) is 11.6 Å². The van der Waals surface area contributed by atoms with Crippen LogP contribution in [0.2, 0.25) is 0 Å². The number of nitrogens with two attached hydrogens (primary N) is 2. The van der Waals surface area contributed by atoms with Gasteiger partial charge in [-0.15, -0.1) is 11.3 Å². The Morgan fingerprint density at radius 3 is 2.17 bits per heavy atom. The minimum Gasteiger partial charge on any atom is -0.494 e. The van der Waals surface area contributed by atoms with Crippen LogP contribution in [0.25, 0.3) is 0 Å². The number of benzene rings is 1. The molecule has 0 aliphatic heterocycles. The van der Waals surface area contributed by atoms with Gasteiger partial charge in [0, 0.05) is 16.7 Å². The van der Waals surface area contributed by atoms with E-state index in [-0.39, 0.29) is 11.7 Å². The first-order chi connectivity index (χ1) is 14.5. The third-order valence-electron chi connectivity index (χ3n) is 4.75. The number of thiazole rings is 1. The van der Waals surface area contributed by atoms with Gasteiger partial charge in [-0.05, 0) is 69.2 Å². The molecule has 0 saturated heterocycles. The molecule has 0 atom stereocenters. The van der Waals surface area contributed by atoms with Crippen LogP contribution >= 0.6 is 11.3 Å². The fourth-order valence-corrected chi connectivity index (χ4v) is 3.84. The first-order valence-corrected chi connectivity index (χ1v) is 11.3. The molecule has 7 nitrogen and oxygen atoms in total. The Bertz CT molecular complexity index is 830. The summed E-state index contributed by atoms with van der Waals surface area (Å²) in [4.78, 5) is 4.35. The highest BCUT2D eigenvalue weighted by molar-refractivity contribution is 7.09. The summed E-state index contributed by atoms with van der Waals surface area (Å²) in [7, 11) is 0. The quantitative estimate of drug-likeness (QED) is 0.162. The molecule has 30 heavy (non-hydrogen) atoms. The maximum atomic E-state index is 8.10. The van der Waals surface area contributed by atoms with Crippen LogP contribution in [0.3, 0.4) is 0 Å². The number of nitrogen functional groups attached to an aromatic ring is 2. The van der Waals surface area contributed by atoms with Crippen molar-refractivity contribution in [1.82, 2.24) is 4.98 Å². The monoisotopic (exact) mass is 428 g/mol. The number of hydrogen-bond acceptors (Lipinski definition) is 6. The predicted octanol–water partition coefficient (Wildman–Crippen LogP) is 4.47. The molecule has 0 aliphatic carbocycles. The minimum absolute atomic E-state index is 0.0332. The largest absolute Gasteiger partial charge is 0.494 e. The Kier molecular flexibility index (Phi) is 10.00. The Morgan fingerprint density at radius 2 is 1.53 bits per heavy atom. The molecule has 0 aliphatic rings. The lowest BCUT2D eigenvalue weighted by molar-refractivity contribution is 0.308. The number of unbranched alkanes of at least 4 members (excludes halogenated alkanes) is 4. The molecular weight excluding hydrogens is 396 g/mol. The van der Waals surface area contributed by atoms with Gasteiger partial charge in [0.25, 0.3) is 0 Å². The minimum atomic E-state index is 0.0332. The zero-order chi connectivity index (χ0) is 21.8. The fraction of sp³-hybridized carbons (Fsp3) is 0.455. The van der Waals surface area contributed by atoms with E-state index in [2.05, 4.69) is 4.98 Å². The highest BCUT2D eigenvalue weighted by atomic mass is 32.1. The molecule has 0 amide bonds. The van der Waals surface area contributed by atoms with E-state index in [1.54, 1.807) is 23.5 Å². The normalized spacial score (nSPS) is 10.7. The van der Waals surface area contributed by atoms with Gasteiger partial charge in [-0.25, -0.2) is 4.98 Å². The van der Waals surface area contributed by atoms with Crippen LogP contribution in [-0.4, -0.2) is 29.0 Å². The molecule has 0 radical (unpaired) electrons. The number of nitrogens with zero attached hydrogens (tertiary/aromatic N) is 1. The van der Waals surface area contributed by atoms with Gasteiger partial charge in [0.2, 0.25) is 0 Å². The number of ether oxygens (including phenoxy) is 1. The Balaban J connectivity index is 1.45. The van der Waals surface area contributed by atoms with Gasteiger partial charge < -0.3 is 21.6 Å². The van der Waals surface area contributed by atoms with Crippen molar-refractivity contribution < 1.29 is 4.74 Å². The van der Waals surface area contributed by atoms with E-state index in [4.69, 9.17) is 32.4 Å². The number of nitrogens with one attached hydrogen (secondary N) is 3. The van der Waals surface area contributed by atoms with Crippen LogP contribution in [0.15, 0.2) is 29.6 Å². The van der Waals surface area contributed by atoms with Crippen LogP contribution in [0.5, 0.6) is 5.75 Å². The van der Waals surface area contributed by atoms with E-state index in [1.807, 2.05) is 17.5 Å². The molecule has 1 heterocycles. The van der Waals surface area contributed by atoms with Gasteiger partial charge >= 0.3 is 0 Å². The van der Waals surface area contributed by atoms with Crippen LogP contribution in [0.1, 0.15) is 67.6 Å². The summed E-state index contributed by atoms with van der Waals surface area (Å²) in [5.74, 6) is 0.874. The van der Waals surface area contributed by atoms with Gasteiger partial charge in [0.1, 0.15) is 23.1 Å². The maximum Gasteiger partial charge on any atom is 0.142 e. The second kappa shape index (κ2) is 12.7. The average molecular weight is 429 g/mol. The van der Waals surface area contributed by atoms with Crippen molar-refractivity contribution in [2.24, 2.45) is 11.5 Å². The van der Waals surface area contributed by atoms with E-state index < -0.39 is 0 Å². The Hall–Kier alpha value is -2.74. The van der Waals surface area contributed by atoms with Gasteiger partial charge in [0.15, 0.2) is 0 Å². The van der Waals surface area contributed by atoms with Crippen molar-refractivity contribution >= 4 is 28.7 Å². The molecule has 2 rings (SSSR count). The van der Waals surface area contributed by atoms with Gasteiger partial charge in [-0.2, -0.15) is 0 Å². The molecule has 0 spiro atoms. The second-order valence-electron chi connectivity index (χ2n) is 7.30. The summed E-state index contributed by atoms with van der Waals surface area (Å²) in [6, 6.07) is 7.23. The summed E-state index contributed by atoms with van der Waals surface area (Å²) in [6.45, 7) is 0.634. The lowest BCUT2D eigenvalue weighted by atomic mass is 10.0. The van der Waals surface area contributed by atoms with Gasteiger partial charge in [-0.3, -0.25) is 10.8 Å². The van der Waals surface area contributed by atoms with Crippen molar-refractivity contribution in [3.05, 3.63) is 45.9 Å². The van der Waals surface area contributed by atoms with Crippen molar-refractivity contribution in [3.8, 4) is 5.75 Å². The van der Waals surface area contributed by atoms with Crippen molar-refractivity contribution in [2.75, 3.05) is 6.61 Å². The van der Waals surface area contributed by atoms with Crippen LogP contribution in [-0.2, 0) is 6.42 Å². The van der Waals surface area contributed by atoms with E-state index in [9.17, 15) is 0 Å². The maximum absolute atomic E-state index is 8.10. The molecule has 0 bridgehead atoms. The highest BCUT2D eigenvalue weighted by Gasteiger charge is 2.04. The number of hydrogen-bond donors (Lipinski definition) is 5. The smallest absolute Gasteiger partial charge is 0.142 e. The highest BCUT2D eigenvalue weighted by Crippen LogP contribution is 2.15. The number of aromatic nitrogens is 1. The molecule has 1 aromatic heterocycles. The summed E-state index contributed by atoms with van der Waals surface area (Å²) >= 11 is 1.57. The number of aryl methyl sites for hydroxylation is 1. The average Bonchev–Trinajstić information content (AvgIpc) is 3.20. The number of amidine groups is 2. The molecule has 7 N–H and O–H groups in total. The summed E-state index contributed by atoms with van der Waals surface area (Å²) < 4.78 is 5.69. The standard InChI is InChI=1S/C22H32N6OS/c23-17(7-3-1-2-4-9-20-28-19(15-30-20)22(26)27)8-5-6-14-29-18-12-10-16(11-13-18)21(24)25/h10-13,15,23H,1-9,14H2,(H3,24,25)(H3,26,27). The molecule has 8 heteroatoms. The van der Waals surface area contributed by atoms with Crippen molar-refractivity contribution in [1.29, 1.82) is 16.2 Å². The van der Waals surface area contributed by atoms with Crippen molar-refractivity contribution in [2.45, 2.75) is 57.8 Å². The molecule has 0 fully saturated rings. The molecule has 2 aromatic rings. The Labute approximate surface area is 182 Å². The molecule has 162 valence electrons. The van der Waals surface area contributed by atoms with E-state index in [1.165, 1.54) is 0 Å². The molecule has 1 aromatic carbocycles. The summed E-state index contributed by atoms with van der Waals surface area (Å²) in [5.41, 5.74) is 13.0. The van der Waals surface area contributed by atoms with Crippen LogP contribution in [0.4, 0.5) is 0 Å². The van der Waals surface area contributed by atoms with Crippen LogP contribution in [0, 0.1) is 16.2 Å². The second-order valence-corrected chi connectivity index (χ2v) is 8.24. The summed E-state index contributed by atoms with van der Waals surface area (Å²) in [6.07, 6.45) is 8.95. The molecular formula is C22H32N6OS. The number of rotatable bonds is 15. The van der Waals surface area contributed by atoms with Gasteiger partial charge in [-0.1, -0.05) is 12.8 Å². The van der Waals surface area contributed by atoms with E-state index in [0.29, 0.717) is 17.9 Å². The van der Waals surface area contributed by atoms with E-state index >= 15 is 0 Å². The van der Waals surface area contributed by atoms with Crippen LogP contribution < -0.4 is 16.2 Å². The molecule has 0 saturated carbocycles. The van der Waals surface area contributed by atoms with Crippen molar-refractivity contribution in [3.63, 3.8) is 0 Å². The zero-order valence-corrected chi connectivity index (χ0v) is 18.2. The lowest BCUT2D eigenvalue weighted by Gasteiger charge is -2.07. The molecule has 0 unspecified atom stereocenters. The topological polar surface area (TPSA) is 146 Å². The zero-order valence-electron chi connectivity index (χ0n) is 17.4. The Morgan fingerprint density at radius 1 is 0.867 bits per heavy atom. The third-order valence-corrected chi connectivity index (χ3v) is 5.66. The predicted molar refractivity (Wildman–Crippen MR) is 124 cm³/mol. The first kappa shape index (κ1) is 23.5. The fourth-order valence-electron chi connectivity index (χ4n) is 3.00. The van der Waals surface area contributed by atoms with E-state index in [0.717, 1.165) is 74.3 Å². The third kappa shape index (κ3) is 8.73.